The number of aliphatic hydroxyl groups excluding tert-OH is 1. The van der Waals surface area contributed by atoms with E-state index in [-0.39, 0.29) is 12.3 Å². The molecule has 42 heavy (non-hydrogen) atoms. The summed E-state index contributed by atoms with van der Waals surface area (Å²) in [6, 6.07) is -1.11. The standard InChI is InChI=1S/C35H59NO5S/c1-3-5-7-9-11-13-15-17-19-20-22-24-26-28-30-34(37)33(32-42(39,40)41)36-35(38)31-29-27-25-23-21-18-16-14-12-10-8-6-4-2/h6,8,12,14,18,20-22,25,27-28,30,33-34,37H,3-5,7,9-11,13,15-17,19,23-24,26,29,31-32H2,1-2H3,(H,36,38)(H,39,40,41)/b8-6-,14-12-,21-18-,22-20+,27-25-,30-28+. The van der Waals surface area contributed by atoms with Gasteiger partial charge in [-0.2, -0.15) is 8.42 Å². The van der Waals surface area contributed by atoms with Crippen molar-refractivity contribution in [3.63, 3.8) is 0 Å². The quantitative estimate of drug-likeness (QED) is 0.0493. The second kappa shape index (κ2) is 28.9. The Morgan fingerprint density at radius 3 is 1.76 bits per heavy atom. The third kappa shape index (κ3) is 29.3. The molecule has 0 fully saturated rings. The molecular weight excluding hydrogens is 546 g/mol. The normalized spacial score (nSPS) is 14.5. The van der Waals surface area contributed by atoms with Crippen molar-refractivity contribution in [3.8, 4) is 0 Å². The van der Waals surface area contributed by atoms with Gasteiger partial charge in [-0.1, -0.05) is 132 Å². The second-order valence-electron chi connectivity index (χ2n) is 10.7. The van der Waals surface area contributed by atoms with Gasteiger partial charge in [0.1, 0.15) is 0 Å². The van der Waals surface area contributed by atoms with E-state index in [2.05, 4.69) is 67.8 Å². The van der Waals surface area contributed by atoms with Crippen LogP contribution in [0.2, 0.25) is 0 Å². The van der Waals surface area contributed by atoms with Crippen LogP contribution in [0.5, 0.6) is 0 Å². The van der Waals surface area contributed by atoms with Gasteiger partial charge in [-0.25, -0.2) is 0 Å². The molecule has 0 heterocycles. The van der Waals surface area contributed by atoms with Crippen molar-refractivity contribution < 1.29 is 22.9 Å². The first-order chi connectivity index (χ1) is 20.3. The maximum Gasteiger partial charge on any atom is 0.267 e. The topological polar surface area (TPSA) is 104 Å². The van der Waals surface area contributed by atoms with Gasteiger partial charge >= 0.3 is 0 Å². The van der Waals surface area contributed by atoms with Gasteiger partial charge in [0.25, 0.3) is 10.1 Å². The summed E-state index contributed by atoms with van der Waals surface area (Å²) in [6.07, 6.45) is 40.4. The zero-order valence-corrected chi connectivity index (χ0v) is 27.2. The summed E-state index contributed by atoms with van der Waals surface area (Å²) < 4.78 is 32.2. The Morgan fingerprint density at radius 1 is 0.667 bits per heavy atom. The van der Waals surface area contributed by atoms with Crippen LogP contribution in [0.25, 0.3) is 0 Å². The van der Waals surface area contributed by atoms with Gasteiger partial charge in [0.05, 0.1) is 17.9 Å². The van der Waals surface area contributed by atoms with Crippen LogP contribution in [-0.2, 0) is 14.9 Å². The first-order valence-electron chi connectivity index (χ1n) is 16.1. The van der Waals surface area contributed by atoms with Crippen molar-refractivity contribution in [3.05, 3.63) is 72.9 Å². The average molecular weight is 606 g/mol. The van der Waals surface area contributed by atoms with Crippen molar-refractivity contribution in [2.45, 2.75) is 135 Å². The molecule has 0 aromatic carbocycles. The number of nitrogens with one attached hydrogen (secondary N) is 1. The van der Waals surface area contributed by atoms with Gasteiger partial charge in [-0.3, -0.25) is 9.35 Å². The Hall–Kier alpha value is -2.22. The van der Waals surface area contributed by atoms with Gasteiger partial charge in [-0.15, -0.1) is 0 Å². The van der Waals surface area contributed by atoms with Crippen LogP contribution < -0.4 is 5.32 Å². The highest BCUT2D eigenvalue weighted by molar-refractivity contribution is 7.85. The lowest BCUT2D eigenvalue weighted by molar-refractivity contribution is -0.122. The lowest BCUT2D eigenvalue weighted by atomic mass is 10.1. The van der Waals surface area contributed by atoms with E-state index in [1.807, 2.05) is 12.2 Å². The molecule has 0 radical (unpaired) electrons. The highest BCUT2D eigenvalue weighted by Gasteiger charge is 2.24. The lowest BCUT2D eigenvalue weighted by Crippen LogP contribution is -2.46. The van der Waals surface area contributed by atoms with Crippen LogP contribution >= 0.6 is 0 Å². The predicted molar refractivity (Wildman–Crippen MR) is 179 cm³/mol. The highest BCUT2D eigenvalue weighted by Crippen LogP contribution is 2.10. The minimum Gasteiger partial charge on any atom is -0.387 e. The molecule has 0 aliphatic rings. The largest absolute Gasteiger partial charge is 0.387 e. The minimum absolute atomic E-state index is 0.163. The molecule has 7 heteroatoms. The maximum absolute atomic E-state index is 12.4. The number of carbonyl (C=O) groups is 1. The van der Waals surface area contributed by atoms with E-state index < -0.39 is 28.0 Å². The number of allylic oxidation sites excluding steroid dienone is 11. The van der Waals surface area contributed by atoms with E-state index in [9.17, 15) is 22.9 Å². The molecule has 2 unspecified atom stereocenters. The Labute approximate surface area is 257 Å². The van der Waals surface area contributed by atoms with Crippen molar-refractivity contribution in [2.75, 3.05) is 5.75 Å². The molecule has 0 aliphatic heterocycles. The Morgan fingerprint density at radius 2 is 1.17 bits per heavy atom. The van der Waals surface area contributed by atoms with Gasteiger partial charge in [0.15, 0.2) is 0 Å². The smallest absolute Gasteiger partial charge is 0.267 e. The van der Waals surface area contributed by atoms with Crippen LogP contribution in [0.4, 0.5) is 0 Å². The Kier molecular flexibility index (Phi) is 27.4. The number of unbranched alkanes of at least 4 members (excludes halogenated alkanes) is 9. The molecule has 0 aromatic rings. The molecule has 240 valence electrons. The highest BCUT2D eigenvalue weighted by atomic mass is 32.2. The maximum atomic E-state index is 12.4. The van der Waals surface area contributed by atoms with Crippen molar-refractivity contribution in [2.24, 2.45) is 0 Å². The molecule has 0 spiro atoms. The third-order valence-electron chi connectivity index (χ3n) is 6.63. The fourth-order valence-corrected chi connectivity index (χ4v) is 4.97. The van der Waals surface area contributed by atoms with Crippen molar-refractivity contribution in [1.29, 1.82) is 0 Å². The molecule has 0 saturated carbocycles. The average Bonchev–Trinajstić information content (AvgIpc) is 2.94. The first-order valence-corrected chi connectivity index (χ1v) is 17.7. The van der Waals surface area contributed by atoms with Gasteiger partial charge in [0.2, 0.25) is 5.91 Å². The van der Waals surface area contributed by atoms with E-state index in [4.69, 9.17) is 0 Å². The monoisotopic (exact) mass is 605 g/mol. The van der Waals surface area contributed by atoms with Gasteiger partial charge in [-0.05, 0) is 57.8 Å². The van der Waals surface area contributed by atoms with E-state index in [1.165, 1.54) is 57.4 Å². The number of hydrogen-bond acceptors (Lipinski definition) is 4. The zero-order valence-electron chi connectivity index (χ0n) is 26.3. The first kappa shape index (κ1) is 39.8. The predicted octanol–water partition coefficient (Wildman–Crippen LogP) is 8.73. The molecular formula is C35H59NO5S. The second-order valence-corrected chi connectivity index (χ2v) is 12.2. The Bertz CT molecular complexity index is 931. The Balaban J connectivity index is 4.27. The number of aliphatic hydroxyl groups is 1. The molecule has 6 nitrogen and oxygen atoms in total. The molecule has 3 N–H and O–H groups in total. The molecule has 1 amide bonds. The van der Waals surface area contributed by atoms with E-state index in [0.29, 0.717) is 12.8 Å². The van der Waals surface area contributed by atoms with Crippen molar-refractivity contribution in [1.82, 2.24) is 5.32 Å². The molecule has 0 rings (SSSR count). The SMILES string of the molecule is CC/C=C\C/C=C\C/C=C\C/C=C\CCC(=O)NC(CS(=O)(=O)O)C(O)/C=C/CC/C=C/CCCCCCCCCC. The third-order valence-corrected chi connectivity index (χ3v) is 7.41. The summed E-state index contributed by atoms with van der Waals surface area (Å²) in [5.41, 5.74) is 0. The molecule has 0 bridgehead atoms. The molecule has 0 aromatic heterocycles. The summed E-state index contributed by atoms with van der Waals surface area (Å²) >= 11 is 0. The fraction of sp³-hybridized carbons (Fsp3) is 0.629. The van der Waals surface area contributed by atoms with Crippen LogP contribution in [0.1, 0.15) is 123 Å². The summed E-state index contributed by atoms with van der Waals surface area (Å²) in [6.45, 7) is 4.35. The zero-order chi connectivity index (χ0) is 31.2. The van der Waals surface area contributed by atoms with Crippen LogP contribution in [0.15, 0.2) is 72.9 Å². The fourth-order valence-electron chi connectivity index (χ4n) is 4.24. The molecule has 2 atom stereocenters. The summed E-state index contributed by atoms with van der Waals surface area (Å²) in [5.74, 6) is -1.12. The van der Waals surface area contributed by atoms with Crippen LogP contribution in [0, 0.1) is 0 Å². The molecule has 0 aliphatic carbocycles. The van der Waals surface area contributed by atoms with E-state index in [1.54, 1.807) is 6.08 Å². The number of hydrogen-bond donors (Lipinski definition) is 3. The molecule has 0 saturated heterocycles. The lowest BCUT2D eigenvalue weighted by Gasteiger charge is -2.20. The van der Waals surface area contributed by atoms with Crippen LogP contribution in [0.3, 0.4) is 0 Å². The van der Waals surface area contributed by atoms with E-state index in [0.717, 1.165) is 38.5 Å². The number of rotatable bonds is 27. The summed E-state index contributed by atoms with van der Waals surface area (Å²) in [7, 11) is -4.37. The number of amides is 1. The minimum atomic E-state index is -4.37. The van der Waals surface area contributed by atoms with E-state index >= 15 is 0 Å². The summed E-state index contributed by atoms with van der Waals surface area (Å²) in [4.78, 5) is 12.4. The van der Waals surface area contributed by atoms with Crippen LogP contribution in [-0.4, -0.2) is 41.9 Å². The van der Waals surface area contributed by atoms with Crippen molar-refractivity contribution >= 4 is 16.0 Å². The number of carbonyl (C=O) groups excluding carboxylic acids is 1. The summed E-state index contributed by atoms with van der Waals surface area (Å²) in [5, 5.41) is 13.0. The van der Waals surface area contributed by atoms with Gasteiger partial charge < -0.3 is 10.4 Å². The van der Waals surface area contributed by atoms with Gasteiger partial charge in [0, 0.05) is 6.42 Å².